The average Bonchev–Trinajstić information content (AvgIpc) is 3.63. The monoisotopic (exact) mass is 641 g/mol. The molecule has 3 amide bonds. The third kappa shape index (κ3) is 4.65. The van der Waals surface area contributed by atoms with Crippen molar-refractivity contribution in [3.63, 3.8) is 0 Å². The summed E-state index contributed by atoms with van der Waals surface area (Å²) in [6.45, 7) is -0.212. The molecule has 0 aliphatic carbocycles. The van der Waals surface area contributed by atoms with Crippen LogP contribution in [0.1, 0.15) is 15.7 Å². The lowest BCUT2D eigenvalue weighted by Crippen LogP contribution is -2.32. The molecule has 2 aliphatic rings. The smallest absolute Gasteiger partial charge is 0.308 e. The topological polar surface area (TPSA) is 97.7 Å². The zero-order valence-corrected chi connectivity index (χ0v) is 24.4. The fraction of sp³-hybridized carbons (Fsp3) is 0.185. The maximum atomic E-state index is 13.8. The molecule has 4 aromatic rings. The largest absolute Gasteiger partial charge is 0.497 e. The Morgan fingerprint density at radius 3 is 2.44 bits per heavy atom. The number of rotatable bonds is 6. The van der Waals surface area contributed by atoms with Crippen LogP contribution in [-0.4, -0.2) is 34.6 Å². The van der Waals surface area contributed by atoms with Gasteiger partial charge in [-0.2, -0.15) is 0 Å². The van der Waals surface area contributed by atoms with Crippen LogP contribution in [0.15, 0.2) is 80.3 Å². The summed E-state index contributed by atoms with van der Waals surface area (Å²) < 4.78 is 7.41. The van der Waals surface area contributed by atoms with Crippen molar-refractivity contribution in [2.45, 2.75) is 22.7 Å². The number of amides is 3. The highest BCUT2D eigenvalue weighted by Crippen LogP contribution is 2.54. The number of aromatic nitrogens is 1. The first kappa shape index (κ1) is 26.1. The highest BCUT2D eigenvalue weighted by atomic mass is 79.9. The zero-order chi connectivity index (χ0) is 27.3. The Hall–Kier alpha value is -3.19. The standard InChI is InChI=1S/C27H20BrN3O5S3/c1-36-17-10-6-15(7-11-17)29-19(32)13-30-26-23(39-27(30)35)20(18-3-2-12-37-18)21-22(38-26)25(34)31(24(21)33)16-8-4-14(28)5-9-16/h2-12,20-22H,13H2,1H3,(H,29,32)/t20-,21-,22+/m0/s1. The molecule has 0 unspecified atom stereocenters. The first-order chi connectivity index (χ1) is 18.9. The number of thiazole rings is 1. The van der Waals surface area contributed by atoms with Crippen molar-refractivity contribution in [3.05, 3.63) is 89.9 Å². The summed E-state index contributed by atoms with van der Waals surface area (Å²) in [7, 11) is 1.56. The van der Waals surface area contributed by atoms with Gasteiger partial charge >= 0.3 is 4.87 Å². The highest BCUT2D eigenvalue weighted by Gasteiger charge is 2.57. The maximum Gasteiger partial charge on any atom is 0.308 e. The van der Waals surface area contributed by atoms with E-state index in [0.717, 1.165) is 20.7 Å². The number of thiophene rings is 1. The molecule has 6 rings (SSSR count). The number of ether oxygens (including phenoxy) is 1. The van der Waals surface area contributed by atoms with Gasteiger partial charge in [-0.15, -0.1) is 11.3 Å². The lowest BCUT2D eigenvalue weighted by atomic mass is 9.87. The number of fused-ring (bicyclic) bond motifs is 2. The Kier molecular flexibility index (Phi) is 6.96. The van der Waals surface area contributed by atoms with Crippen LogP contribution in [0.2, 0.25) is 0 Å². The number of hydrogen-bond acceptors (Lipinski definition) is 8. The van der Waals surface area contributed by atoms with Crippen molar-refractivity contribution in [2.75, 3.05) is 17.3 Å². The van der Waals surface area contributed by atoms with Gasteiger partial charge in [0.05, 0.1) is 23.7 Å². The van der Waals surface area contributed by atoms with Gasteiger partial charge < -0.3 is 10.1 Å². The molecule has 1 fully saturated rings. The molecule has 1 N–H and O–H groups in total. The van der Waals surface area contributed by atoms with Crippen molar-refractivity contribution in [1.82, 2.24) is 4.57 Å². The summed E-state index contributed by atoms with van der Waals surface area (Å²) in [4.78, 5) is 56.2. The van der Waals surface area contributed by atoms with Crippen molar-refractivity contribution in [1.29, 1.82) is 0 Å². The molecule has 2 aliphatic heterocycles. The van der Waals surface area contributed by atoms with Gasteiger partial charge in [0.15, 0.2) is 0 Å². The Labute approximate surface area is 243 Å². The predicted molar refractivity (Wildman–Crippen MR) is 156 cm³/mol. The van der Waals surface area contributed by atoms with E-state index in [1.54, 1.807) is 55.6 Å². The van der Waals surface area contributed by atoms with E-state index >= 15 is 0 Å². The molecular formula is C27H20BrN3O5S3. The van der Waals surface area contributed by atoms with Crippen LogP contribution in [0.25, 0.3) is 0 Å². The quantitative estimate of drug-likeness (QED) is 0.292. The lowest BCUT2D eigenvalue weighted by Gasteiger charge is -2.29. The second-order valence-corrected chi connectivity index (χ2v) is 13.0. The van der Waals surface area contributed by atoms with Crippen molar-refractivity contribution in [3.8, 4) is 5.75 Å². The van der Waals surface area contributed by atoms with Crippen LogP contribution >= 0.6 is 50.4 Å². The first-order valence-corrected chi connectivity index (χ1v) is 15.2. The molecule has 0 radical (unpaired) electrons. The highest BCUT2D eigenvalue weighted by molar-refractivity contribution is 9.10. The summed E-state index contributed by atoms with van der Waals surface area (Å²) in [6.07, 6.45) is 0. The van der Waals surface area contributed by atoms with Gasteiger partial charge in [-0.3, -0.25) is 23.7 Å². The molecule has 0 saturated carbocycles. The number of methoxy groups -OCH3 is 1. The second kappa shape index (κ2) is 10.4. The predicted octanol–water partition coefficient (Wildman–Crippen LogP) is 5.18. The van der Waals surface area contributed by atoms with Crippen LogP contribution in [0.3, 0.4) is 0 Å². The summed E-state index contributed by atoms with van der Waals surface area (Å²) in [6, 6.07) is 17.8. The van der Waals surface area contributed by atoms with E-state index < -0.39 is 17.1 Å². The number of halogens is 1. The van der Waals surface area contributed by atoms with E-state index in [0.29, 0.717) is 27.0 Å². The molecule has 2 aromatic heterocycles. The molecule has 198 valence electrons. The van der Waals surface area contributed by atoms with Crippen LogP contribution in [0, 0.1) is 5.92 Å². The fourth-order valence-electron chi connectivity index (χ4n) is 4.89. The summed E-state index contributed by atoms with van der Waals surface area (Å²) in [5.41, 5.74) is 1.08. The van der Waals surface area contributed by atoms with Crippen molar-refractivity contribution >= 4 is 79.5 Å². The maximum absolute atomic E-state index is 13.8. The molecule has 4 heterocycles. The van der Waals surface area contributed by atoms with E-state index in [-0.39, 0.29) is 29.1 Å². The number of nitrogens with zero attached hydrogens (tertiary/aromatic N) is 2. The van der Waals surface area contributed by atoms with Gasteiger partial charge in [-0.25, -0.2) is 4.90 Å². The SMILES string of the molecule is COc1ccc(NC(=O)Cn2c3c(sc2=O)[C@@H](c2cccs2)[C@@H]2C(=O)N(c4ccc(Br)cc4)C(=O)[C@@H]2S3)cc1. The molecule has 3 atom stereocenters. The molecular weight excluding hydrogens is 622 g/mol. The second-order valence-electron chi connectivity index (χ2n) is 8.95. The molecule has 39 heavy (non-hydrogen) atoms. The minimum atomic E-state index is -0.717. The molecule has 8 nitrogen and oxygen atoms in total. The van der Waals surface area contributed by atoms with Gasteiger partial charge in [0, 0.05) is 25.8 Å². The molecule has 2 aromatic carbocycles. The summed E-state index contributed by atoms with van der Waals surface area (Å²) >= 11 is 7.12. The molecule has 12 heteroatoms. The Bertz CT molecular complexity index is 1630. The number of anilines is 2. The Balaban J connectivity index is 1.35. The van der Waals surface area contributed by atoms with E-state index in [1.165, 1.54) is 32.6 Å². The van der Waals surface area contributed by atoms with Gasteiger partial charge in [0.25, 0.3) is 0 Å². The van der Waals surface area contributed by atoms with Crippen molar-refractivity contribution < 1.29 is 19.1 Å². The fourth-order valence-corrected chi connectivity index (χ4v) is 8.88. The minimum Gasteiger partial charge on any atom is -0.497 e. The number of carbonyl (C=O) groups is 3. The zero-order valence-electron chi connectivity index (χ0n) is 20.3. The Morgan fingerprint density at radius 1 is 1.03 bits per heavy atom. The number of nitrogens with one attached hydrogen (secondary N) is 1. The summed E-state index contributed by atoms with van der Waals surface area (Å²) in [5.74, 6) is -1.42. The number of hydrogen-bond donors (Lipinski definition) is 1. The van der Waals surface area contributed by atoms with E-state index in [4.69, 9.17) is 4.74 Å². The number of benzene rings is 2. The van der Waals surface area contributed by atoms with Gasteiger partial charge in [0.2, 0.25) is 17.7 Å². The third-order valence-electron chi connectivity index (χ3n) is 6.66. The first-order valence-electron chi connectivity index (χ1n) is 11.9. The van der Waals surface area contributed by atoms with Crippen LogP contribution in [0.5, 0.6) is 5.75 Å². The van der Waals surface area contributed by atoms with E-state index in [9.17, 15) is 19.2 Å². The van der Waals surface area contributed by atoms with Crippen LogP contribution in [0.4, 0.5) is 11.4 Å². The Morgan fingerprint density at radius 2 is 1.77 bits per heavy atom. The number of carbonyl (C=O) groups excluding carboxylic acids is 3. The molecule has 1 saturated heterocycles. The van der Waals surface area contributed by atoms with Gasteiger partial charge in [-0.1, -0.05) is 45.1 Å². The van der Waals surface area contributed by atoms with Crippen molar-refractivity contribution in [2.24, 2.45) is 5.92 Å². The number of thioether (sulfide) groups is 1. The van der Waals surface area contributed by atoms with Gasteiger partial charge in [-0.05, 0) is 60.0 Å². The summed E-state index contributed by atoms with van der Waals surface area (Å²) in [5, 5.41) is 4.57. The minimum absolute atomic E-state index is 0.212. The van der Waals surface area contributed by atoms with E-state index in [2.05, 4.69) is 21.2 Å². The molecule has 0 spiro atoms. The lowest BCUT2D eigenvalue weighted by molar-refractivity contribution is -0.122. The average molecular weight is 643 g/mol. The van der Waals surface area contributed by atoms with Crippen LogP contribution < -0.4 is 19.8 Å². The van der Waals surface area contributed by atoms with Crippen LogP contribution in [-0.2, 0) is 20.9 Å². The van der Waals surface area contributed by atoms with E-state index in [1.807, 2.05) is 17.5 Å². The van der Waals surface area contributed by atoms with Gasteiger partial charge in [0.1, 0.15) is 17.5 Å². The normalized spacial score (nSPS) is 20.1. The number of imide groups is 1. The third-order valence-corrected chi connectivity index (χ3v) is 10.7. The molecule has 0 bridgehead atoms.